The predicted molar refractivity (Wildman–Crippen MR) is 112 cm³/mol. The van der Waals surface area contributed by atoms with E-state index in [0.29, 0.717) is 28.8 Å². The van der Waals surface area contributed by atoms with Crippen molar-refractivity contribution in [2.45, 2.75) is 58.7 Å². The average Bonchev–Trinajstić information content (AvgIpc) is 2.67. The second-order valence-corrected chi connectivity index (χ2v) is 7.94. The Morgan fingerprint density at radius 2 is 1.80 bits per heavy atom. The van der Waals surface area contributed by atoms with Crippen molar-refractivity contribution in [3.8, 4) is 11.5 Å². The third-order valence-corrected chi connectivity index (χ3v) is 4.28. The van der Waals surface area contributed by atoms with Crippen LogP contribution in [0.4, 0.5) is 0 Å². The maximum Gasteiger partial charge on any atom is 0.306 e. The molecular formula is C21H29N3O6. The van der Waals surface area contributed by atoms with E-state index < -0.39 is 17.6 Å². The summed E-state index contributed by atoms with van der Waals surface area (Å²) in [5.74, 6) is 0.0738. The van der Waals surface area contributed by atoms with Gasteiger partial charge in [-0.1, -0.05) is 0 Å². The minimum absolute atomic E-state index is 0.0730. The van der Waals surface area contributed by atoms with Gasteiger partial charge in [0.1, 0.15) is 0 Å². The number of ether oxygens (including phenoxy) is 3. The molecule has 0 bridgehead atoms. The van der Waals surface area contributed by atoms with E-state index in [-0.39, 0.29) is 24.4 Å². The fourth-order valence-corrected chi connectivity index (χ4v) is 2.82. The van der Waals surface area contributed by atoms with E-state index in [4.69, 9.17) is 14.2 Å². The molecule has 0 aliphatic rings. The number of amides is 1. The van der Waals surface area contributed by atoms with Gasteiger partial charge in [0.25, 0.3) is 11.5 Å². The first-order valence-corrected chi connectivity index (χ1v) is 9.68. The Kier molecular flexibility index (Phi) is 7.42. The summed E-state index contributed by atoms with van der Waals surface area (Å²) in [6.45, 7) is 7.35. The van der Waals surface area contributed by atoms with E-state index in [2.05, 4.69) is 10.3 Å². The number of nitrogens with one attached hydrogen (secondary N) is 1. The van der Waals surface area contributed by atoms with Crippen LogP contribution in [0.15, 0.2) is 23.3 Å². The molecule has 164 valence electrons. The van der Waals surface area contributed by atoms with E-state index in [0.717, 1.165) is 0 Å². The van der Waals surface area contributed by atoms with Gasteiger partial charge in [-0.2, -0.15) is 0 Å². The number of benzene rings is 1. The SMILES string of the molecule is COc1cc2ncn(CCCC(=O)OC(C)C(=O)NC(C)(C)C)c(=O)c2cc1OC. The molecule has 1 aromatic carbocycles. The molecule has 30 heavy (non-hydrogen) atoms. The minimum atomic E-state index is -0.885. The van der Waals surface area contributed by atoms with Crippen molar-refractivity contribution in [2.24, 2.45) is 0 Å². The number of carbonyl (C=O) groups is 2. The molecule has 1 atom stereocenters. The summed E-state index contributed by atoms with van der Waals surface area (Å²) in [4.78, 5) is 41.0. The number of aryl methyl sites for hydroxylation is 1. The second kappa shape index (κ2) is 9.60. The summed E-state index contributed by atoms with van der Waals surface area (Å²) in [6.07, 6.45) is 0.988. The molecule has 1 aromatic heterocycles. The van der Waals surface area contributed by atoms with Crippen LogP contribution in [0.2, 0.25) is 0 Å². The van der Waals surface area contributed by atoms with Crippen molar-refractivity contribution in [3.63, 3.8) is 0 Å². The molecule has 0 aliphatic carbocycles. The standard InChI is InChI=1S/C21H29N3O6/c1-13(19(26)23-21(2,3)4)30-18(25)8-7-9-24-12-22-15-11-17(29-6)16(28-5)10-14(15)20(24)27/h10-13H,7-9H2,1-6H3,(H,23,26). The van der Waals surface area contributed by atoms with Crippen LogP contribution in [-0.2, 0) is 20.9 Å². The fraction of sp³-hybridized carbons (Fsp3) is 0.524. The van der Waals surface area contributed by atoms with Crippen LogP contribution in [0, 0.1) is 0 Å². The van der Waals surface area contributed by atoms with E-state index >= 15 is 0 Å². The Morgan fingerprint density at radius 3 is 2.40 bits per heavy atom. The summed E-state index contributed by atoms with van der Waals surface area (Å²) in [5.41, 5.74) is -0.159. The summed E-state index contributed by atoms with van der Waals surface area (Å²) in [7, 11) is 3.00. The average molecular weight is 419 g/mol. The molecule has 0 aliphatic heterocycles. The molecule has 0 spiro atoms. The van der Waals surface area contributed by atoms with Crippen LogP contribution in [0.3, 0.4) is 0 Å². The number of aromatic nitrogens is 2. The van der Waals surface area contributed by atoms with Gasteiger partial charge in [0, 0.05) is 24.6 Å². The lowest BCUT2D eigenvalue weighted by molar-refractivity contribution is -0.155. The second-order valence-electron chi connectivity index (χ2n) is 7.94. The highest BCUT2D eigenvalue weighted by molar-refractivity contribution is 5.84. The zero-order valence-corrected chi connectivity index (χ0v) is 18.3. The van der Waals surface area contributed by atoms with Gasteiger partial charge >= 0.3 is 5.97 Å². The Bertz CT molecular complexity index is 977. The summed E-state index contributed by atoms with van der Waals surface area (Å²) >= 11 is 0. The van der Waals surface area contributed by atoms with Gasteiger partial charge in [0.05, 0.1) is 31.4 Å². The van der Waals surface area contributed by atoms with Gasteiger partial charge in [0.2, 0.25) is 0 Å². The normalized spacial score (nSPS) is 12.3. The lowest BCUT2D eigenvalue weighted by Gasteiger charge is -2.23. The minimum Gasteiger partial charge on any atom is -0.493 e. The van der Waals surface area contributed by atoms with Crippen LogP contribution < -0.4 is 20.3 Å². The molecule has 9 heteroatoms. The van der Waals surface area contributed by atoms with Crippen molar-refractivity contribution in [3.05, 3.63) is 28.8 Å². The first-order chi connectivity index (χ1) is 14.1. The smallest absolute Gasteiger partial charge is 0.306 e. The van der Waals surface area contributed by atoms with Crippen LogP contribution in [0.25, 0.3) is 10.9 Å². The maximum absolute atomic E-state index is 12.7. The molecule has 0 saturated carbocycles. The summed E-state index contributed by atoms with van der Waals surface area (Å²) in [6, 6.07) is 3.23. The lowest BCUT2D eigenvalue weighted by Crippen LogP contribution is -2.46. The summed E-state index contributed by atoms with van der Waals surface area (Å²) < 4.78 is 17.1. The summed E-state index contributed by atoms with van der Waals surface area (Å²) in [5, 5.41) is 3.15. The first kappa shape index (κ1) is 23.2. The van der Waals surface area contributed by atoms with E-state index in [1.807, 2.05) is 20.8 Å². The number of nitrogens with zero attached hydrogens (tertiary/aromatic N) is 2. The van der Waals surface area contributed by atoms with Crippen LogP contribution in [0.5, 0.6) is 11.5 Å². The molecule has 0 radical (unpaired) electrons. The van der Waals surface area contributed by atoms with Gasteiger partial charge in [-0.15, -0.1) is 0 Å². The quantitative estimate of drug-likeness (QED) is 0.652. The van der Waals surface area contributed by atoms with Crippen LogP contribution in [0.1, 0.15) is 40.5 Å². The van der Waals surface area contributed by atoms with Crippen molar-refractivity contribution in [1.29, 1.82) is 0 Å². The van der Waals surface area contributed by atoms with Crippen molar-refractivity contribution in [1.82, 2.24) is 14.9 Å². The van der Waals surface area contributed by atoms with Gasteiger partial charge in [-0.3, -0.25) is 19.0 Å². The number of fused-ring (bicyclic) bond motifs is 1. The molecule has 2 aromatic rings. The number of esters is 1. The Labute approximate surface area is 175 Å². The number of methoxy groups -OCH3 is 2. The highest BCUT2D eigenvalue weighted by Gasteiger charge is 2.22. The molecule has 1 amide bonds. The third kappa shape index (κ3) is 5.95. The zero-order valence-electron chi connectivity index (χ0n) is 18.3. The lowest BCUT2D eigenvalue weighted by atomic mass is 10.1. The van der Waals surface area contributed by atoms with E-state index in [9.17, 15) is 14.4 Å². The molecule has 2 rings (SSSR count). The van der Waals surface area contributed by atoms with Crippen molar-refractivity contribution in [2.75, 3.05) is 14.2 Å². The van der Waals surface area contributed by atoms with Crippen molar-refractivity contribution >= 4 is 22.8 Å². The van der Waals surface area contributed by atoms with Crippen molar-refractivity contribution < 1.29 is 23.8 Å². The molecule has 0 fully saturated rings. The Balaban J connectivity index is 1.99. The molecule has 1 heterocycles. The van der Waals surface area contributed by atoms with E-state index in [1.165, 1.54) is 32.0 Å². The van der Waals surface area contributed by atoms with Gasteiger partial charge in [-0.05, 0) is 40.2 Å². The van der Waals surface area contributed by atoms with Crippen LogP contribution >= 0.6 is 0 Å². The Hall–Kier alpha value is -3.10. The number of carbonyl (C=O) groups excluding carboxylic acids is 2. The number of hydrogen-bond acceptors (Lipinski definition) is 7. The highest BCUT2D eigenvalue weighted by Crippen LogP contribution is 2.29. The van der Waals surface area contributed by atoms with Gasteiger partial charge in [0.15, 0.2) is 17.6 Å². The number of hydrogen-bond donors (Lipinski definition) is 1. The van der Waals surface area contributed by atoms with Crippen LogP contribution in [-0.4, -0.2) is 47.3 Å². The van der Waals surface area contributed by atoms with Gasteiger partial charge < -0.3 is 19.5 Å². The maximum atomic E-state index is 12.7. The topological polar surface area (TPSA) is 109 Å². The third-order valence-electron chi connectivity index (χ3n) is 4.28. The highest BCUT2D eigenvalue weighted by atomic mass is 16.5. The molecule has 0 saturated heterocycles. The first-order valence-electron chi connectivity index (χ1n) is 9.68. The van der Waals surface area contributed by atoms with E-state index in [1.54, 1.807) is 12.1 Å². The predicted octanol–water partition coefficient (Wildman–Crippen LogP) is 2.04. The zero-order chi connectivity index (χ0) is 22.5. The molecular weight excluding hydrogens is 390 g/mol. The number of rotatable bonds is 8. The molecule has 1 unspecified atom stereocenters. The largest absolute Gasteiger partial charge is 0.493 e. The molecule has 1 N–H and O–H groups in total. The fourth-order valence-electron chi connectivity index (χ4n) is 2.82. The Morgan fingerprint density at radius 1 is 1.17 bits per heavy atom. The molecule has 9 nitrogen and oxygen atoms in total. The monoisotopic (exact) mass is 419 g/mol. The van der Waals surface area contributed by atoms with Gasteiger partial charge in [-0.25, -0.2) is 4.98 Å².